The Balaban J connectivity index is 0.000000490. The predicted octanol–water partition coefficient (Wildman–Crippen LogP) is -0.459. The summed E-state index contributed by atoms with van der Waals surface area (Å²) in [6.07, 6.45) is -1.69. The van der Waals surface area contributed by atoms with Crippen LogP contribution in [0, 0.1) is 0 Å². The maximum absolute atomic E-state index is 8.53. The van der Waals surface area contributed by atoms with Crippen molar-refractivity contribution in [2.75, 3.05) is 0 Å². The Hall–Kier alpha value is 1.23. The van der Waals surface area contributed by atoms with Crippen LogP contribution in [0.5, 0.6) is 0 Å². The normalized spacial score (nSPS) is 22.5. The van der Waals surface area contributed by atoms with Crippen molar-refractivity contribution < 1.29 is 35.9 Å². The number of thiol groups is 2. The van der Waals surface area contributed by atoms with E-state index in [1.807, 2.05) is 0 Å². The first-order valence-corrected chi connectivity index (χ1v) is 2.22. The molecule has 0 bridgehead atoms. The molecule has 4 nitrogen and oxygen atoms in total. The third-order valence-electron chi connectivity index (χ3n) is 0.485. The van der Waals surface area contributed by atoms with Crippen molar-refractivity contribution in [3.63, 3.8) is 0 Å². The Morgan fingerprint density at radius 3 is 1.75 bits per heavy atom. The fourth-order valence-corrected chi connectivity index (χ4v) is 0.237. The monoisotopic (exact) mass is 239 g/mol. The van der Waals surface area contributed by atoms with E-state index in [1.54, 1.807) is 0 Å². The van der Waals surface area contributed by atoms with E-state index < -0.39 is 6.10 Å². The Kier molecular flexibility index (Phi) is 3.32. The number of nitrogens with zero attached hydrogens (tertiary/aromatic N) is 1. The molecule has 0 atom stereocenters. The quantitative estimate of drug-likeness (QED) is 0.190. The molecule has 8 heavy (non-hydrogen) atoms. The average molecular weight is 237 g/mol. The second-order valence-corrected chi connectivity index (χ2v) is 2.12. The van der Waals surface area contributed by atoms with Gasteiger partial charge in [0.15, 0.2) is 0 Å². The molecule has 0 aliphatic carbocycles. The Bertz CT molecular complexity index is 85.4. The molecule has 0 amide bonds. The van der Waals surface area contributed by atoms with Crippen molar-refractivity contribution in [2.24, 2.45) is 0 Å². The van der Waals surface area contributed by atoms with Gasteiger partial charge in [-0.3, -0.25) is 0 Å². The molecule has 1 aliphatic heterocycles. The first-order chi connectivity index (χ1) is 3.15. The molecule has 1 fully saturated rings. The van der Waals surface area contributed by atoms with Gasteiger partial charge in [0, 0.05) is 21.1 Å². The fourth-order valence-electron chi connectivity index (χ4n) is 0.104. The van der Waals surface area contributed by atoms with Gasteiger partial charge in [0.05, 0.1) is 0 Å². The molecule has 0 aromatic rings. The topological polar surface area (TPSA) is 48.5 Å². The molecule has 0 aromatic carbocycles. The molecule has 1 aliphatic rings. The van der Waals surface area contributed by atoms with E-state index in [2.05, 4.69) is 35.4 Å². The van der Waals surface area contributed by atoms with Crippen LogP contribution in [-0.4, -0.2) is 14.9 Å². The maximum atomic E-state index is 8.53. The summed E-state index contributed by atoms with van der Waals surface area (Å²) < 4.78 is 0.799. The van der Waals surface area contributed by atoms with Gasteiger partial charge in [-0.25, -0.2) is 0 Å². The SMILES string of the molecule is OC1(N(S)S)OO1.[Mo]. The smallest absolute Gasteiger partial charge is 0.325 e. The van der Waals surface area contributed by atoms with Gasteiger partial charge >= 0.3 is 6.10 Å². The second-order valence-electron chi connectivity index (χ2n) is 1.00. The summed E-state index contributed by atoms with van der Waals surface area (Å²) in [7, 11) is 0. The molecule has 1 heterocycles. The van der Waals surface area contributed by atoms with E-state index in [0.29, 0.717) is 0 Å². The van der Waals surface area contributed by atoms with Gasteiger partial charge in [-0.05, 0) is 0 Å². The number of rotatable bonds is 1. The summed E-state index contributed by atoms with van der Waals surface area (Å²) in [4.78, 5) is 7.97. The number of aliphatic hydroxyl groups is 1. The van der Waals surface area contributed by atoms with Crippen LogP contribution in [-0.2, 0) is 30.8 Å². The Morgan fingerprint density at radius 2 is 1.75 bits per heavy atom. The molecule has 0 saturated carbocycles. The van der Waals surface area contributed by atoms with Crippen LogP contribution in [0.1, 0.15) is 0 Å². The van der Waals surface area contributed by atoms with E-state index in [1.165, 1.54) is 0 Å². The average Bonchev–Trinajstić information content (AvgIpc) is 2.21. The molecule has 48 valence electrons. The molecule has 1 N–H and O–H groups in total. The van der Waals surface area contributed by atoms with Crippen LogP contribution in [0.3, 0.4) is 0 Å². The number of hydrogen-bond donors (Lipinski definition) is 3. The van der Waals surface area contributed by atoms with Gasteiger partial charge in [-0.15, -0.1) is 13.5 Å². The molecule has 0 spiro atoms. The van der Waals surface area contributed by atoms with Crippen molar-refractivity contribution in [1.82, 2.24) is 3.71 Å². The molecule has 0 aromatic heterocycles. The summed E-state index contributed by atoms with van der Waals surface area (Å²) >= 11 is 7.08. The molecule has 7 heteroatoms. The fraction of sp³-hybridized carbons (Fsp3) is 1.00. The van der Waals surface area contributed by atoms with Crippen molar-refractivity contribution in [3.05, 3.63) is 0 Å². The summed E-state index contributed by atoms with van der Waals surface area (Å²) in [5, 5.41) is 8.53. The molecule has 0 radical (unpaired) electrons. The first kappa shape index (κ1) is 9.23. The minimum absolute atomic E-state index is 0. The largest absolute Gasteiger partial charge is 0.423 e. The van der Waals surface area contributed by atoms with Gasteiger partial charge in [0.25, 0.3) is 0 Å². The van der Waals surface area contributed by atoms with Crippen molar-refractivity contribution in [2.45, 2.75) is 6.10 Å². The van der Waals surface area contributed by atoms with E-state index in [4.69, 9.17) is 5.11 Å². The summed E-state index contributed by atoms with van der Waals surface area (Å²) in [6, 6.07) is 0. The predicted molar refractivity (Wildman–Crippen MR) is 26.9 cm³/mol. The number of hydrogen-bond acceptors (Lipinski definition) is 6. The van der Waals surface area contributed by atoms with Crippen LogP contribution in [0.15, 0.2) is 0 Å². The summed E-state index contributed by atoms with van der Waals surface area (Å²) in [5.41, 5.74) is 0. The summed E-state index contributed by atoms with van der Waals surface area (Å²) in [6.45, 7) is 0. The zero-order valence-corrected chi connectivity index (χ0v) is 7.31. The summed E-state index contributed by atoms with van der Waals surface area (Å²) in [5.74, 6) is 0. The van der Waals surface area contributed by atoms with Gasteiger partial charge in [0.2, 0.25) is 0 Å². The Morgan fingerprint density at radius 1 is 1.38 bits per heavy atom. The molecular weight excluding hydrogens is 234 g/mol. The maximum Gasteiger partial charge on any atom is 0.423 e. The molecular formula is CH3MoNO3S2. The van der Waals surface area contributed by atoms with E-state index in [-0.39, 0.29) is 21.1 Å². The van der Waals surface area contributed by atoms with Gasteiger partial charge in [0.1, 0.15) is 0 Å². The van der Waals surface area contributed by atoms with Crippen LogP contribution in [0.4, 0.5) is 0 Å². The van der Waals surface area contributed by atoms with Crippen LogP contribution >= 0.6 is 25.6 Å². The second kappa shape index (κ2) is 2.88. The minimum atomic E-state index is -1.69. The van der Waals surface area contributed by atoms with Crippen LogP contribution in [0.2, 0.25) is 0 Å². The van der Waals surface area contributed by atoms with E-state index in [0.717, 1.165) is 3.71 Å². The molecule has 1 rings (SSSR count). The zero-order valence-electron chi connectivity index (χ0n) is 3.51. The van der Waals surface area contributed by atoms with Crippen LogP contribution < -0.4 is 0 Å². The minimum Gasteiger partial charge on any atom is -0.325 e. The zero-order chi connectivity index (χ0) is 5.49. The third kappa shape index (κ3) is 1.88. The van der Waals surface area contributed by atoms with Gasteiger partial charge < -0.3 is 5.11 Å². The first-order valence-electron chi connectivity index (χ1n) is 1.42. The van der Waals surface area contributed by atoms with Crippen molar-refractivity contribution >= 4 is 25.6 Å². The van der Waals surface area contributed by atoms with Crippen molar-refractivity contribution in [1.29, 1.82) is 0 Å². The van der Waals surface area contributed by atoms with E-state index >= 15 is 0 Å². The van der Waals surface area contributed by atoms with Crippen molar-refractivity contribution in [3.8, 4) is 0 Å². The van der Waals surface area contributed by atoms with E-state index in [9.17, 15) is 0 Å². The van der Waals surface area contributed by atoms with Crippen LogP contribution in [0.25, 0.3) is 0 Å². The Labute approximate surface area is 71.4 Å². The third-order valence-corrected chi connectivity index (χ3v) is 0.991. The standard InChI is InChI=1S/CH3NO3S2.Mo/c3-1(2(6)7)4-5-1;/h3,6-7H;. The molecule has 0 unspecified atom stereocenters. The molecule has 1 saturated heterocycles. The van der Waals surface area contributed by atoms with Gasteiger partial charge in [-0.2, -0.15) is 0 Å². The van der Waals surface area contributed by atoms with Gasteiger partial charge in [-0.1, -0.05) is 25.6 Å².